The molecular formula is C12H19F7. The van der Waals surface area contributed by atoms with Gasteiger partial charge in [0.2, 0.25) is 0 Å². The van der Waals surface area contributed by atoms with Crippen molar-refractivity contribution in [3.63, 3.8) is 0 Å². The van der Waals surface area contributed by atoms with Gasteiger partial charge in [0.05, 0.1) is 0 Å². The van der Waals surface area contributed by atoms with Crippen LogP contribution in [-0.2, 0) is 0 Å². The van der Waals surface area contributed by atoms with Crippen molar-refractivity contribution in [1.29, 1.82) is 0 Å². The second-order valence-electron chi connectivity index (χ2n) is 5.77. The number of rotatable bonds is 6. The van der Waals surface area contributed by atoms with Gasteiger partial charge in [-0.3, -0.25) is 0 Å². The van der Waals surface area contributed by atoms with Gasteiger partial charge in [0.15, 0.2) is 0 Å². The van der Waals surface area contributed by atoms with Crippen molar-refractivity contribution >= 4 is 0 Å². The summed E-state index contributed by atoms with van der Waals surface area (Å²) >= 11 is 0. The van der Waals surface area contributed by atoms with Gasteiger partial charge in [-0.2, -0.15) is 30.7 Å². The summed E-state index contributed by atoms with van der Waals surface area (Å²) in [7, 11) is 0. The fourth-order valence-corrected chi connectivity index (χ4v) is 1.42. The van der Waals surface area contributed by atoms with E-state index in [2.05, 4.69) is 0 Å². The zero-order chi connectivity index (χ0) is 15.7. The molecule has 0 spiro atoms. The number of hydrogen-bond acceptors (Lipinski definition) is 0. The molecule has 0 aliphatic carbocycles. The van der Waals surface area contributed by atoms with E-state index in [1.54, 1.807) is 13.8 Å². The molecule has 0 bridgehead atoms. The monoisotopic (exact) mass is 296 g/mol. The standard InChI is InChI=1S/C12H19F7/c1-8(2)9(3,4)6-5-7-10(13,14)11(15,16)12(17,18)19/h8H,5-7H2,1-4H3. The largest absolute Gasteiger partial charge is 0.459 e. The maximum atomic E-state index is 13.0. The molecule has 0 saturated heterocycles. The fourth-order valence-electron chi connectivity index (χ4n) is 1.42. The van der Waals surface area contributed by atoms with Crippen molar-refractivity contribution in [3.8, 4) is 0 Å². The molecule has 0 radical (unpaired) electrons. The summed E-state index contributed by atoms with van der Waals surface area (Å²) in [5.74, 6) is -10.9. The Hall–Kier alpha value is -0.490. The molecule has 0 N–H and O–H groups in total. The van der Waals surface area contributed by atoms with Crippen LogP contribution in [0.5, 0.6) is 0 Å². The lowest BCUT2D eigenvalue weighted by atomic mass is 9.77. The molecule has 0 unspecified atom stereocenters. The van der Waals surface area contributed by atoms with Crippen molar-refractivity contribution in [2.24, 2.45) is 11.3 Å². The van der Waals surface area contributed by atoms with Crippen LogP contribution in [0.15, 0.2) is 0 Å². The fraction of sp³-hybridized carbons (Fsp3) is 1.00. The molecule has 116 valence electrons. The van der Waals surface area contributed by atoms with Crippen LogP contribution in [0.2, 0.25) is 0 Å². The first-order valence-electron chi connectivity index (χ1n) is 5.97. The Balaban J connectivity index is 4.65. The molecule has 0 rings (SSSR count). The third kappa shape index (κ3) is 4.24. The zero-order valence-electron chi connectivity index (χ0n) is 11.3. The van der Waals surface area contributed by atoms with Gasteiger partial charge in [-0.1, -0.05) is 27.7 Å². The van der Waals surface area contributed by atoms with Crippen LogP contribution < -0.4 is 0 Å². The van der Waals surface area contributed by atoms with Crippen molar-refractivity contribution in [3.05, 3.63) is 0 Å². The first-order valence-corrected chi connectivity index (χ1v) is 5.97. The van der Waals surface area contributed by atoms with E-state index in [1.807, 2.05) is 13.8 Å². The summed E-state index contributed by atoms with van der Waals surface area (Å²) in [6.07, 6.45) is -7.93. The van der Waals surface area contributed by atoms with Crippen LogP contribution in [0.25, 0.3) is 0 Å². The highest BCUT2D eigenvalue weighted by Gasteiger charge is 2.72. The quantitative estimate of drug-likeness (QED) is 0.554. The van der Waals surface area contributed by atoms with Crippen LogP contribution in [0.4, 0.5) is 30.7 Å². The minimum absolute atomic E-state index is 0.115. The predicted octanol–water partition coefficient (Wildman–Crippen LogP) is 5.67. The van der Waals surface area contributed by atoms with Crippen molar-refractivity contribution in [1.82, 2.24) is 0 Å². The Bertz CT molecular complexity index is 289. The Morgan fingerprint density at radius 3 is 1.53 bits per heavy atom. The minimum atomic E-state index is -6.23. The zero-order valence-corrected chi connectivity index (χ0v) is 11.3. The molecule has 0 saturated carbocycles. The summed E-state index contributed by atoms with van der Waals surface area (Å²) < 4.78 is 86.9. The van der Waals surface area contributed by atoms with E-state index in [-0.39, 0.29) is 24.2 Å². The van der Waals surface area contributed by atoms with Gasteiger partial charge in [-0.05, 0) is 24.2 Å². The second kappa shape index (κ2) is 5.48. The Morgan fingerprint density at radius 1 is 0.789 bits per heavy atom. The summed E-state index contributed by atoms with van der Waals surface area (Å²) in [6, 6.07) is 0. The predicted molar refractivity (Wildman–Crippen MR) is 58.4 cm³/mol. The summed E-state index contributed by atoms with van der Waals surface area (Å²) in [6.45, 7) is 7.19. The highest BCUT2D eigenvalue weighted by Crippen LogP contribution is 2.49. The SMILES string of the molecule is CC(C)C(C)(C)CCCC(F)(F)C(F)(F)C(F)(F)F. The molecule has 0 aromatic rings. The molecule has 7 heteroatoms. The second-order valence-corrected chi connectivity index (χ2v) is 5.77. The third-order valence-corrected chi connectivity index (χ3v) is 3.69. The van der Waals surface area contributed by atoms with Crippen LogP contribution in [0, 0.1) is 11.3 Å². The van der Waals surface area contributed by atoms with Crippen molar-refractivity contribution in [2.45, 2.75) is 65.0 Å². The molecule has 19 heavy (non-hydrogen) atoms. The molecule has 0 aromatic heterocycles. The lowest BCUT2D eigenvalue weighted by molar-refractivity contribution is -0.355. The Kier molecular flexibility index (Phi) is 5.34. The number of hydrogen-bond donors (Lipinski definition) is 0. The van der Waals surface area contributed by atoms with Crippen molar-refractivity contribution < 1.29 is 30.7 Å². The summed E-state index contributed by atoms with van der Waals surface area (Å²) in [4.78, 5) is 0. The van der Waals surface area contributed by atoms with Gasteiger partial charge >= 0.3 is 18.0 Å². The minimum Gasteiger partial charge on any atom is -0.200 e. The lowest BCUT2D eigenvalue weighted by Crippen LogP contribution is -2.51. The van der Waals surface area contributed by atoms with Crippen molar-refractivity contribution in [2.75, 3.05) is 0 Å². The van der Waals surface area contributed by atoms with Gasteiger partial charge in [0, 0.05) is 6.42 Å². The van der Waals surface area contributed by atoms with Crippen LogP contribution in [-0.4, -0.2) is 18.0 Å². The van der Waals surface area contributed by atoms with E-state index < -0.39 is 24.4 Å². The molecular weight excluding hydrogens is 277 g/mol. The molecule has 0 aliphatic heterocycles. The van der Waals surface area contributed by atoms with E-state index in [1.165, 1.54) is 0 Å². The van der Waals surface area contributed by atoms with E-state index in [0.717, 1.165) is 0 Å². The molecule has 0 atom stereocenters. The molecule has 0 amide bonds. The van der Waals surface area contributed by atoms with Crippen LogP contribution in [0.1, 0.15) is 47.0 Å². The van der Waals surface area contributed by atoms with Gasteiger partial charge in [0.1, 0.15) is 0 Å². The molecule has 0 heterocycles. The summed E-state index contributed by atoms with van der Waals surface area (Å²) in [5.41, 5.74) is -0.385. The number of alkyl halides is 7. The molecule has 0 aliphatic rings. The van der Waals surface area contributed by atoms with Gasteiger partial charge in [0.25, 0.3) is 0 Å². The maximum Gasteiger partial charge on any atom is 0.459 e. The lowest BCUT2D eigenvalue weighted by Gasteiger charge is -2.32. The number of halogens is 7. The first kappa shape index (κ1) is 18.5. The van der Waals surface area contributed by atoms with Crippen LogP contribution >= 0.6 is 0 Å². The van der Waals surface area contributed by atoms with E-state index in [9.17, 15) is 30.7 Å². The van der Waals surface area contributed by atoms with Gasteiger partial charge in [-0.15, -0.1) is 0 Å². The Morgan fingerprint density at radius 2 is 1.21 bits per heavy atom. The van der Waals surface area contributed by atoms with E-state index in [0.29, 0.717) is 0 Å². The average molecular weight is 296 g/mol. The molecule has 0 aromatic carbocycles. The maximum absolute atomic E-state index is 13.0. The van der Waals surface area contributed by atoms with E-state index >= 15 is 0 Å². The molecule has 0 fully saturated rings. The molecule has 0 nitrogen and oxygen atoms in total. The van der Waals surface area contributed by atoms with Crippen LogP contribution in [0.3, 0.4) is 0 Å². The summed E-state index contributed by atoms with van der Waals surface area (Å²) in [5, 5.41) is 0. The van der Waals surface area contributed by atoms with Gasteiger partial charge in [-0.25, -0.2) is 0 Å². The first-order chi connectivity index (χ1) is 8.15. The third-order valence-electron chi connectivity index (χ3n) is 3.69. The van der Waals surface area contributed by atoms with Gasteiger partial charge < -0.3 is 0 Å². The smallest absolute Gasteiger partial charge is 0.200 e. The van der Waals surface area contributed by atoms with E-state index in [4.69, 9.17) is 0 Å². The Labute approximate surface area is 108 Å². The normalized spacial score (nSPS) is 15.2. The topological polar surface area (TPSA) is 0 Å². The highest BCUT2D eigenvalue weighted by atomic mass is 19.4. The highest BCUT2D eigenvalue weighted by molar-refractivity contribution is 4.91. The average Bonchev–Trinajstić information content (AvgIpc) is 2.14.